The molecule has 0 saturated heterocycles. The molecule has 0 atom stereocenters. The monoisotopic (exact) mass is 280 g/mol. The number of methoxy groups -OCH3 is 1. The van der Waals surface area contributed by atoms with E-state index in [1.54, 1.807) is 6.07 Å². The van der Waals surface area contributed by atoms with E-state index in [0.717, 1.165) is 12.1 Å². The van der Waals surface area contributed by atoms with Gasteiger partial charge in [-0.25, -0.2) is 9.78 Å². The maximum atomic E-state index is 11.8. The second-order valence-electron chi connectivity index (χ2n) is 4.98. The molecule has 3 aromatic rings. The fraction of sp³-hybridized carbons (Fsp3) is 0.176. The van der Waals surface area contributed by atoms with E-state index < -0.39 is 0 Å². The van der Waals surface area contributed by atoms with Gasteiger partial charge in [-0.3, -0.25) is 0 Å². The van der Waals surface area contributed by atoms with Gasteiger partial charge in [0, 0.05) is 18.8 Å². The van der Waals surface area contributed by atoms with E-state index in [1.165, 1.54) is 18.2 Å². The maximum absolute atomic E-state index is 11.8. The van der Waals surface area contributed by atoms with Crippen LogP contribution in [-0.2, 0) is 11.2 Å². The number of carbonyl (C=O) groups is 1. The van der Waals surface area contributed by atoms with Gasteiger partial charge in [0.1, 0.15) is 5.56 Å². The van der Waals surface area contributed by atoms with Gasteiger partial charge < -0.3 is 9.14 Å². The molecule has 0 unspecified atom stereocenters. The number of hydrogen-bond acceptors (Lipinski definition) is 3. The van der Waals surface area contributed by atoms with Gasteiger partial charge in [-0.05, 0) is 30.2 Å². The maximum Gasteiger partial charge on any atom is 0.341 e. The first kappa shape index (κ1) is 13.4. The van der Waals surface area contributed by atoms with Crippen molar-refractivity contribution in [3.8, 4) is 0 Å². The number of aromatic nitrogens is 2. The molecule has 21 heavy (non-hydrogen) atoms. The molecule has 3 rings (SSSR count). The minimum absolute atomic E-state index is 0.367. The number of fused-ring (bicyclic) bond motifs is 1. The molecule has 0 N–H and O–H groups in total. The number of carbonyl (C=O) groups excluding carboxylic acids is 1. The Hall–Kier alpha value is -2.62. The lowest BCUT2D eigenvalue weighted by Crippen LogP contribution is -2.03. The molecular formula is C17H16N2O2. The topological polar surface area (TPSA) is 43.6 Å². The standard InChI is InChI=1S/C17H16N2O2/c1-12-6-3-4-7-13(12)10-14-11-19-9-5-8-15(16(19)18-14)17(20)21-2/h3-9,11H,10H2,1-2H3. The fourth-order valence-electron chi connectivity index (χ4n) is 2.42. The van der Waals surface area contributed by atoms with Crippen LogP contribution in [0.5, 0.6) is 0 Å². The molecule has 0 aliphatic heterocycles. The Kier molecular flexibility index (Phi) is 3.44. The lowest BCUT2D eigenvalue weighted by atomic mass is 10.0. The van der Waals surface area contributed by atoms with Gasteiger partial charge in [-0.2, -0.15) is 0 Å². The second kappa shape index (κ2) is 5.40. The lowest BCUT2D eigenvalue weighted by molar-refractivity contribution is 0.0602. The number of imidazole rings is 1. The van der Waals surface area contributed by atoms with Crippen LogP contribution in [0.2, 0.25) is 0 Å². The molecule has 0 aliphatic rings. The summed E-state index contributed by atoms with van der Waals surface area (Å²) >= 11 is 0. The largest absolute Gasteiger partial charge is 0.465 e. The smallest absolute Gasteiger partial charge is 0.341 e. The van der Waals surface area contributed by atoms with E-state index in [9.17, 15) is 4.79 Å². The molecular weight excluding hydrogens is 264 g/mol. The summed E-state index contributed by atoms with van der Waals surface area (Å²) in [6.07, 6.45) is 4.58. The quantitative estimate of drug-likeness (QED) is 0.693. The van der Waals surface area contributed by atoms with Gasteiger partial charge in [0.25, 0.3) is 0 Å². The molecule has 4 heteroatoms. The fourth-order valence-corrected chi connectivity index (χ4v) is 2.42. The molecule has 4 nitrogen and oxygen atoms in total. The van der Waals surface area contributed by atoms with E-state index in [4.69, 9.17) is 4.74 Å². The molecule has 0 fully saturated rings. The Morgan fingerprint density at radius 1 is 1.24 bits per heavy atom. The molecule has 106 valence electrons. The first-order valence-corrected chi connectivity index (χ1v) is 6.78. The van der Waals surface area contributed by atoms with Crippen LogP contribution in [0.3, 0.4) is 0 Å². The van der Waals surface area contributed by atoms with Crippen molar-refractivity contribution in [2.45, 2.75) is 13.3 Å². The number of ether oxygens (including phenoxy) is 1. The zero-order chi connectivity index (χ0) is 14.8. The third-order valence-corrected chi connectivity index (χ3v) is 3.57. The highest BCUT2D eigenvalue weighted by Gasteiger charge is 2.13. The van der Waals surface area contributed by atoms with Crippen LogP contribution >= 0.6 is 0 Å². The van der Waals surface area contributed by atoms with Crippen LogP contribution in [-0.4, -0.2) is 22.5 Å². The highest BCUT2D eigenvalue weighted by molar-refractivity contribution is 5.95. The van der Waals surface area contributed by atoms with Crippen LogP contribution in [0.25, 0.3) is 5.65 Å². The van der Waals surface area contributed by atoms with Crippen molar-refractivity contribution in [2.75, 3.05) is 7.11 Å². The SMILES string of the molecule is COC(=O)c1cccn2cc(Cc3ccccc3C)nc12. The van der Waals surface area contributed by atoms with Crippen LogP contribution < -0.4 is 0 Å². The Balaban J connectivity index is 2.02. The molecule has 0 radical (unpaired) electrons. The summed E-state index contributed by atoms with van der Waals surface area (Å²) in [5.41, 5.74) is 4.52. The van der Waals surface area contributed by atoms with Crippen LogP contribution in [0.4, 0.5) is 0 Å². The summed E-state index contributed by atoms with van der Waals surface area (Å²) in [5.74, 6) is -0.367. The summed E-state index contributed by atoms with van der Waals surface area (Å²) in [4.78, 5) is 16.4. The Labute approximate surface area is 123 Å². The van der Waals surface area contributed by atoms with Gasteiger partial charge in [-0.15, -0.1) is 0 Å². The zero-order valence-corrected chi connectivity index (χ0v) is 12.0. The summed E-state index contributed by atoms with van der Waals surface area (Å²) in [6.45, 7) is 2.09. The highest BCUT2D eigenvalue weighted by Crippen LogP contribution is 2.16. The van der Waals surface area contributed by atoms with E-state index >= 15 is 0 Å². The number of rotatable bonds is 3. The van der Waals surface area contributed by atoms with Crippen LogP contribution in [0.15, 0.2) is 48.8 Å². The number of pyridine rings is 1. The Morgan fingerprint density at radius 3 is 2.81 bits per heavy atom. The summed E-state index contributed by atoms with van der Waals surface area (Å²) in [5, 5.41) is 0. The minimum atomic E-state index is -0.367. The van der Waals surface area contributed by atoms with Gasteiger partial charge in [0.2, 0.25) is 0 Å². The lowest BCUT2D eigenvalue weighted by Gasteiger charge is -2.02. The number of nitrogens with zero attached hydrogens (tertiary/aromatic N) is 2. The number of hydrogen-bond donors (Lipinski definition) is 0. The molecule has 0 bridgehead atoms. The Bertz CT molecular complexity index is 805. The molecule has 0 spiro atoms. The number of aryl methyl sites for hydroxylation is 1. The average molecular weight is 280 g/mol. The van der Waals surface area contributed by atoms with E-state index in [0.29, 0.717) is 11.2 Å². The Morgan fingerprint density at radius 2 is 2.05 bits per heavy atom. The molecule has 0 amide bonds. The summed E-state index contributed by atoms with van der Waals surface area (Å²) in [7, 11) is 1.38. The molecule has 0 aliphatic carbocycles. The highest BCUT2D eigenvalue weighted by atomic mass is 16.5. The van der Waals surface area contributed by atoms with E-state index in [1.807, 2.05) is 35.0 Å². The number of benzene rings is 1. The first-order valence-electron chi connectivity index (χ1n) is 6.78. The first-order chi connectivity index (χ1) is 10.2. The molecule has 0 saturated carbocycles. The van der Waals surface area contributed by atoms with Crippen molar-refractivity contribution in [1.29, 1.82) is 0 Å². The summed E-state index contributed by atoms with van der Waals surface area (Å²) in [6, 6.07) is 11.8. The van der Waals surface area contributed by atoms with Gasteiger partial charge >= 0.3 is 5.97 Å². The molecule has 2 heterocycles. The van der Waals surface area contributed by atoms with Crippen molar-refractivity contribution in [3.05, 3.63) is 71.2 Å². The average Bonchev–Trinajstić information content (AvgIpc) is 2.91. The van der Waals surface area contributed by atoms with Crippen molar-refractivity contribution in [1.82, 2.24) is 9.38 Å². The minimum Gasteiger partial charge on any atom is -0.465 e. The predicted octanol–water partition coefficient (Wildman–Crippen LogP) is 3.02. The third-order valence-electron chi connectivity index (χ3n) is 3.57. The molecule has 2 aromatic heterocycles. The van der Waals surface area contributed by atoms with Crippen LogP contribution in [0, 0.1) is 6.92 Å². The van der Waals surface area contributed by atoms with Crippen molar-refractivity contribution >= 4 is 11.6 Å². The van der Waals surface area contributed by atoms with Crippen LogP contribution in [0.1, 0.15) is 27.2 Å². The van der Waals surface area contributed by atoms with Crippen molar-refractivity contribution in [3.63, 3.8) is 0 Å². The molecule has 1 aromatic carbocycles. The van der Waals surface area contributed by atoms with Gasteiger partial charge in [0.05, 0.1) is 12.8 Å². The third kappa shape index (κ3) is 2.52. The van der Waals surface area contributed by atoms with Crippen molar-refractivity contribution < 1.29 is 9.53 Å². The predicted molar refractivity (Wildman–Crippen MR) is 80.5 cm³/mol. The zero-order valence-electron chi connectivity index (χ0n) is 12.0. The van der Waals surface area contributed by atoms with Crippen molar-refractivity contribution in [2.24, 2.45) is 0 Å². The normalized spacial score (nSPS) is 10.8. The van der Waals surface area contributed by atoms with Gasteiger partial charge in [0.15, 0.2) is 5.65 Å². The van der Waals surface area contributed by atoms with E-state index in [2.05, 4.69) is 24.0 Å². The number of esters is 1. The summed E-state index contributed by atoms with van der Waals surface area (Å²) < 4.78 is 6.66. The van der Waals surface area contributed by atoms with E-state index in [-0.39, 0.29) is 5.97 Å². The van der Waals surface area contributed by atoms with Gasteiger partial charge in [-0.1, -0.05) is 24.3 Å². The second-order valence-corrected chi connectivity index (χ2v) is 4.98.